The van der Waals surface area contributed by atoms with E-state index in [1.165, 1.54) is 13.2 Å². The van der Waals surface area contributed by atoms with Crippen molar-refractivity contribution >= 4 is 33.9 Å². The summed E-state index contributed by atoms with van der Waals surface area (Å²) in [6.07, 6.45) is 0.625. The number of aromatic nitrogens is 3. The summed E-state index contributed by atoms with van der Waals surface area (Å²) in [4.78, 5) is 35.5. The highest BCUT2D eigenvalue weighted by atomic mass is 19.1. The largest absolute Gasteiger partial charge is 0.465 e. The van der Waals surface area contributed by atoms with Crippen molar-refractivity contribution in [1.82, 2.24) is 20.0 Å². The number of hydrogen-bond donors (Lipinski definition) is 1. The molecule has 3 aromatic heterocycles. The zero-order valence-corrected chi connectivity index (χ0v) is 19.6. The van der Waals surface area contributed by atoms with Crippen LogP contribution in [0.2, 0.25) is 0 Å². The number of nitrogens with zero attached hydrogens (tertiary/aromatic N) is 3. The number of hydrogen-bond acceptors (Lipinski definition) is 6. The fourth-order valence-corrected chi connectivity index (χ4v) is 4.87. The Bertz CT molecular complexity index is 1690. The SMILES string of the molecule is COC(=O)c1ccc2[nH]c3c(c2c1)CN(C(=O)c1cc(-c2ccccc2F)nc2onc(C)c12)CC3. The molecule has 9 heteroatoms. The van der Waals surface area contributed by atoms with E-state index in [4.69, 9.17) is 9.26 Å². The van der Waals surface area contributed by atoms with Crippen LogP contribution in [0.3, 0.4) is 0 Å². The lowest BCUT2D eigenvalue weighted by Gasteiger charge is -2.27. The molecule has 0 saturated heterocycles. The van der Waals surface area contributed by atoms with Crippen molar-refractivity contribution in [2.24, 2.45) is 0 Å². The molecule has 1 aliphatic heterocycles. The molecular weight excluding hydrogens is 463 g/mol. The molecule has 4 heterocycles. The van der Waals surface area contributed by atoms with Gasteiger partial charge in [-0.3, -0.25) is 4.79 Å². The minimum absolute atomic E-state index is 0.184. The van der Waals surface area contributed by atoms with Gasteiger partial charge < -0.3 is 19.1 Å². The Morgan fingerprint density at radius 2 is 2.00 bits per heavy atom. The number of aromatic amines is 1. The molecule has 36 heavy (non-hydrogen) atoms. The average molecular weight is 484 g/mol. The van der Waals surface area contributed by atoms with E-state index in [9.17, 15) is 14.0 Å². The van der Waals surface area contributed by atoms with Crippen LogP contribution in [0.5, 0.6) is 0 Å². The number of fused-ring (bicyclic) bond motifs is 4. The maximum atomic E-state index is 14.5. The van der Waals surface area contributed by atoms with Gasteiger partial charge >= 0.3 is 5.97 Å². The van der Waals surface area contributed by atoms with Crippen LogP contribution in [0, 0.1) is 12.7 Å². The molecule has 0 spiro atoms. The summed E-state index contributed by atoms with van der Waals surface area (Å²) in [6.45, 7) is 2.59. The molecule has 0 saturated carbocycles. The predicted octanol–water partition coefficient (Wildman–Crippen LogP) is 4.80. The summed E-state index contributed by atoms with van der Waals surface area (Å²) in [7, 11) is 1.34. The zero-order valence-electron chi connectivity index (χ0n) is 19.6. The van der Waals surface area contributed by atoms with Crippen LogP contribution in [0.25, 0.3) is 33.3 Å². The Kier molecular flexibility index (Phi) is 5.06. The minimum atomic E-state index is -0.443. The standard InChI is InChI=1S/C27H21FN4O4/c1-14-24-18(12-23(30-25(24)36-31-14)16-5-3-4-6-20(16)28)26(33)32-10-9-22-19(13-32)17-11-15(27(34)35-2)7-8-21(17)29-22/h3-8,11-12,29H,9-10,13H2,1-2H3. The van der Waals surface area contributed by atoms with E-state index < -0.39 is 11.8 Å². The second-order valence-electron chi connectivity index (χ2n) is 8.79. The van der Waals surface area contributed by atoms with Gasteiger partial charge in [0.05, 0.1) is 35.0 Å². The smallest absolute Gasteiger partial charge is 0.337 e. The first-order valence-electron chi connectivity index (χ1n) is 11.5. The van der Waals surface area contributed by atoms with Crippen molar-refractivity contribution in [3.63, 3.8) is 0 Å². The van der Waals surface area contributed by atoms with E-state index in [1.54, 1.807) is 48.2 Å². The highest BCUT2D eigenvalue weighted by molar-refractivity contribution is 6.07. The minimum Gasteiger partial charge on any atom is -0.465 e. The summed E-state index contributed by atoms with van der Waals surface area (Å²) in [5.41, 5.74) is 4.97. The van der Waals surface area contributed by atoms with E-state index in [0.717, 1.165) is 22.2 Å². The molecule has 1 N–H and O–H groups in total. The van der Waals surface area contributed by atoms with Gasteiger partial charge in [0.1, 0.15) is 5.82 Å². The van der Waals surface area contributed by atoms with Gasteiger partial charge in [0.25, 0.3) is 11.6 Å². The van der Waals surface area contributed by atoms with Crippen LogP contribution in [-0.2, 0) is 17.7 Å². The summed E-state index contributed by atoms with van der Waals surface area (Å²) >= 11 is 0. The van der Waals surface area contributed by atoms with E-state index in [-0.39, 0.29) is 17.2 Å². The molecule has 1 amide bonds. The number of aryl methyl sites for hydroxylation is 1. The van der Waals surface area contributed by atoms with Crippen molar-refractivity contribution in [3.05, 3.63) is 82.4 Å². The average Bonchev–Trinajstić information content (AvgIpc) is 3.46. The fraction of sp³-hybridized carbons (Fsp3) is 0.185. The van der Waals surface area contributed by atoms with Crippen LogP contribution in [0.4, 0.5) is 4.39 Å². The molecule has 0 atom stereocenters. The first-order chi connectivity index (χ1) is 17.4. The number of carbonyl (C=O) groups excluding carboxylic acids is 2. The Labute approximate surface area is 204 Å². The third-order valence-corrected chi connectivity index (χ3v) is 6.68. The fourth-order valence-electron chi connectivity index (χ4n) is 4.87. The number of benzene rings is 2. The molecule has 0 aliphatic carbocycles. The van der Waals surface area contributed by atoms with Gasteiger partial charge in [0, 0.05) is 47.2 Å². The lowest BCUT2D eigenvalue weighted by atomic mass is 10.0. The highest BCUT2D eigenvalue weighted by Gasteiger charge is 2.28. The summed E-state index contributed by atoms with van der Waals surface area (Å²) in [5.74, 6) is -1.09. The lowest BCUT2D eigenvalue weighted by molar-refractivity contribution is 0.0600. The van der Waals surface area contributed by atoms with Crippen LogP contribution < -0.4 is 0 Å². The number of rotatable bonds is 3. The van der Waals surface area contributed by atoms with Crippen molar-refractivity contribution in [2.45, 2.75) is 19.9 Å². The molecule has 5 aromatic rings. The van der Waals surface area contributed by atoms with Crippen molar-refractivity contribution in [1.29, 1.82) is 0 Å². The van der Waals surface area contributed by atoms with E-state index >= 15 is 0 Å². The van der Waals surface area contributed by atoms with Gasteiger partial charge in [-0.25, -0.2) is 14.2 Å². The zero-order chi connectivity index (χ0) is 25.0. The first kappa shape index (κ1) is 22.0. The van der Waals surface area contributed by atoms with Gasteiger partial charge in [0.15, 0.2) is 0 Å². The predicted molar refractivity (Wildman–Crippen MR) is 130 cm³/mol. The topological polar surface area (TPSA) is 101 Å². The van der Waals surface area contributed by atoms with Gasteiger partial charge in [0.2, 0.25) is 0 Å². The maximum absolute atomic E-state index is 14.5. The summed E-state index contributed by atoms with van der Waals surface area (Å²) in [5, 5.41) is 5.38. The number of halogens is 1. The van der Waals surface area contributed by atoms with Gasteiger partial charge in [-0.2, -0.15) is 0 Å². The molecule has 0 radical (unpaired) electrons. The second-order valence-corrected chi connectivity index (χ2v) is 8.79. The molecular formula is C27H21FN4O4. The number of methoxy groups -OCH3 is 1. The van der Waals surface area contributed by atoms with E-state index in [0.29, 0.717) is 47.4 Å². The quantitative estimate of drug-likeness (QED) is 0.369. The molecule has 180 valence electrons. The van der Waals surface area contributed by atoms with Crippen LogP contribution in [0.15, 0.2) is 53.1 Å². The number of pyridine rings is 1. The molecule has 0 fully saturated rings. The van der Waals surface area contributed by atoms with Crippen LogP contribution in [-0.4, -0.2) is 45.6 Å². The van der Waals surface area contributed by atoms with Crippen LogP contribution >= 0.6 is 0 Å². The Morgan fingerprint density at radius 3 is 2.81 bits per heavy atom. The van der Waals surface area contributed by atoms with Gasteiger partial charge in [-0.15, -0.1) is 0 Å². The third-order valence-electron chi connectivity index (χ3n) is 6.68. The number of nitrogens with one attached hydrogen (secondary N) is 1. The number of ether oxygens (including phenoxy) is 1. The van der Waals surface area contributed by atoms with Crippen molar-refractivity contribution < 1.29 is 23.2 Å². The number of amides is 1. The first-order valence-corrected chi connectivity index (χ1v) is 11.5. The van der Waals surface area contributed by atoms with Gasteiger partial charge in [-0.1, -0.05) is 17.3 Å². The van der Waals surface area contributed by atoms with Crippen LogP contribution in [0.1, 0.15) is 37.7 Å². The Morgan fingerprint density at radius 1 is 1.17 bits per heavy atom. The molecule has 1 aliphatic rings. The summed E-state index contributed by atoms with van der Waals surface area (Å²) < 4.78 is 24.8. The molecule has 8 nitrogen and oxygen atoms in total. The summed E-state index contributed by atoms with van der Waals surface area (Å²) in [6, 6.07) is 13.2. The third kappa shape index (κ3) is 3.43. The number of esters is 1. The second kappa shape index (κ2) is 8.30. The monoisotopic (exact) mass is 484 g/mol. The molecule has 0 unspecified atom stereocenters. The van der Waals surface area contributed by atoms with Crippen molar-refractivity contribution in [3.8, 4) is 11.3 Å². The lowest BCUT2D eigenvalue weighted by Crippen LogP contribution is -2.36. The number of carbonyl (C=O) groups is 2. The normalized spacial score (nSPS) is 13.2. The molecule has 2 aromatic carbocycles. The Balaban J connectivity index is 1.42. The van der Waals surface area contributed by atoms with E-state index in [1.807, 2.05) is 6.07 Å². The molecule has 0 bridgehead atoms. The number of H-pyrrole nitrogens is 1. The molecule has 6 rings (SSSR count). The Hall–Kier alpha value is -4.53. The van der Waals surface area contributed by atoms with Crippen molar-refractivity contribution in [2.75, 3.05) is 13.7 Å². The maximum Gasteiger partial charge on any atom is 0.337 e. The van der Waals surface area contributed by atoms with Gasteiger partial charge in [-0.05, 0) is 43.3 Å². The van der Waals surface area contributed by atoms with E-state index in [2.05, 4.69) is 15.1 Å². The highest BCUT2D eigenvalue weighted by Crippen LogP contribution is 2.32.